The molecule has 15 unspecified atom stereocenters. The Labute approximate surface area is 223 Å². The summed E-state index contributed by atoms with van der Waals surface area (Å²) in [6.45, 7) is 1.40. The molecule has 15 nitrogen and oxygen atoms in total. The van der Waals surface area contributed by atoms with E-state index in [1.165, 1.54) is 0 Å². The molecular formula is C21H37O15Re. The fourth-order valence-electron chi connectivity index (χ4n) is 4.40. The van der Waals surface area contributed by atoms with Crippen molar-refractivity contribution in [3.63, 3.8) is 0 Å². The van der Waals surface area contributed by atoms with Crippen LogP contribution in [0.15, 0.2) is 0 Å². The van der Waals surface area contributed by atoms with Gasteiger partial charge < -0.3 is 4.74 Å². The zero-order valence-corrected chi connectivity index (χ0v) is 22.9. The predicted molar refractivity (Wildman–Crippen MR) is 113 cm³/mol. The normalized spacial score (nSPS) is 49.4. The van der Waals surface area contributed by atoms with Crippen LogP contribution in [0.1, 0.15) is 13.8 Å². The van der Waals surface area contributed by atoms with Crippen molar-refractivity contribution in [1.29, 1.82) is 0 Å². The van der Waals surface area contributed by atoms with Crippen molar-refractivity contribution in [2.75, 3.05) is 19.8 Å². The van der Waals surface area contributed by atoms with Gasteiger partial charge in [-0.3, -0.25) is 0 Å². The molecular weight excluding hydrogens is 678 g/mol. The van der Waals surface area contributed by atoms with Crippen LogP contribution in [0.5, 0.6) is 0 Å². The molecule has 218 valence electrons. The molecule has 3 heterocycles. The standard InChI is InChI=1S/C21H37O15.Re/c1-7(2)31-20-16(29)15(28)19(11(6-24)33-20)36-21-17(30)14(27)18(10(5-23)34-21)35-12-3-8(25)13(26)9(4-22)32-12;/h3,7-30H,4-6H2,1-2H3;. The first-order valence-corrected chi connectivity index (χ1v) is 13.5. The van der Waals surface area contributed by atoms with Gasteiger partial charge in [-0.1, -0.05) is 0 Å². The average Bonchev–Trinajstić information content (AvgIpc) is 2.87. The van der Waals surface area contributed by atoms with Gasteiger partial charge in [0, 0.05) is 0 Å². The Morgan fingerprint density at radius 3 is 1.51 bits per heavy atom. The van der Waals surface area contributed by atoms with Crippen LogP contribution >= 0.6 is 0 Å². The van der Waals surface area contributed by atoms with E-state index in [0.717, 1.165) is 19.2 Å². The maximum atomic E-state index is 10.8. The summed E-state index contributed by atoms with van der Waals surface area (Å²) in [5.41, 5.74) is 0. The van der Waals surface area contributed by atoms with E-state index in [-0.39, 0.29) is 6.10 Å². The maximum absolute atomic E-state index is 10.8. The van der Waals surface area contributed by atoms with Crippen LogP contribution in [0.4, 0.5) is 0 Å². The van der Waals surface area contributed by atoms with Crippen LogP contribution in [0.3, 0.4) is 0 Å². The molecule has 3 rings (SSSR count). The summed E-state index contributed by atoms with van der Waals surface area (Å²) < 4.78 is 32.6. The third-order valence-electron chi connectivity index (χ3n) is 6.44. The molecule has 0 aromatic carbocycles. The van der Waals surface area contributed by atoms with Crippen molar-refractivity contribution < 1.29 is 93.6 Å². The van der Waals surface area contributed by atoms with E-state index in [1.54, 1.807) is 13.8 Å². The Morgan fingerprint density at radius 2 is 1.03 bits per heavy atom. The van der Waals surface area contributed by atoms with Gasteiger partial charge >= 0.3 is 199 Å². The van der Waals surface area contributed by atoms with Crippen LogP contribution < -0.4 is 0 Å². The van der Waals surface area contributed by atoms with E-state index in [9.17, 15) is 46.0 Å². The van der Waals surface area contributed by atoms with Gasteiger partial charge in [-0.25, -0.2) is 0 Å². The Kier molecular flexibility index (Phi) is 11.6. The molecule has 3 fully saturated rings. The summed E-state index contributed by atoms with van der Waals surface area (Å²) in [6.07, 6.45) is -20.4. The molecule has 3 aliphatic rings. The number of aliphatic hydroxyl groups excluding tert-OH is 9. The Bertz CT molecular complexity index is 699. The zero-order chi connectivity index (χ0) is 27.6. The van der Waals surface area contributed by atoms with Gasteiger partial charge in [0.2, 0.25) is 0 Å². The van der Waals surface area contributed by atoms with Crippen LogP contribution in [-0.2, 0) is 47.6 Å². The third-order valence-corrected chi connectivity index (χ3v) is 8.10. The number of aliphatic hydroxyl groups is 9. The summed E-state index contributed by atoms with van der Waals surface area (Å²) in [5, 5.41) is 91.9. The van der Waals surface area contributed by atoms with Crippen LogP contribution in [0, 0.1) is 0 Å². The van der Waals surface area contributed by atoms with E-state index in [4.69, 9.17) is 28.4 Å². The Morgan fingerprint density at radius 1 is 0.595 bits per heavy atom. The Hall–Kier alpha value is 0.0623. The topological polar surface area (TPSA) is 237 Å². The fourth-order valence-corrected chi connectivity index (χ4v) is 5.36. The number of rotatable bonds is 9. The van der Waals surface area contributed by atoms with Gasteiger partial charge in [0.05, 0.1) is 6.10 Å². The van der Waals surface area contributed by atoms with E-state index in [0.29, 0.717) is 0 Å². The summed E-state index contributed by atoms with van der Waals surface area (Å²) in [4.78, 5) is 0. The molecule has 0 aromatic rings. The Balaban J connectivity index is 1.71. The van der Waals surface area contributed by atoms with Crippen molar-refractivity contribution in [3.05, 3.63) is 0 Å². The second-order valence-corrected chi connectivity index (χ2v) is 11.3. The van der Waals surface area contributed by atoms with Crippen LogP contribution in [0.25, 0.3) is 0 Å². The van der Waals surface area contributed by atoms with Crippen molar-refractivity contribution in [2.45, 2.75) is 110 Å². The molecule has 0 aliphatic carbocycles. The molecule has 0 saturated carbocycles. The van der Waals surface area contributed by atoms with Crippen LogP contribution in [0.2, 0.25) is 4.39 Å². The number of hydrogen-bond donors (Lipinski definition) is 9. The molecule has 3 saturated heterocycles. The van der Waals surface area contributed by atoms with Crippen molar-refractivity contribution in [3.8, 4) is 0 Å². The molecule has 3 aliphatic heterocycles. The molecule has 0 spiro atoms. The number of ether oxygens (including phenoxy) is 6. The molecule has 15 atom stereocenters. The van der Waals surface area contributed by atoms with Gasteiger partial charge in [-0.05, 0) is 13.8 Å². The van der Waals surface area contributed by atoms with E-state index >= 15 is 0 Å². The number of hydrogen-bond acceptors (Lipinski definition) is 15. The summed E-state index contributed by atoms with van der Waals surface area (Å²) in [6, 6.07) is 0. The molecule has 0 radical (unpaired) electrons. The third kappa shape index (κ3) is 6.87. The second kappa shape index (κ2) is 13.6. The van der Waals surface area contributed by atoms with E-state index in [2.05, 4.69) is 0 Å². The molecule has 9 N–H and O–H groups in total. The molecule has 37 heavy (non-hydrogen) atoms. The van der Waals surface area contributed by atoms with Gasteiger partial charge in [0.15, 0.2) is 0 Å². The average molecular weight is 716 g/mol. The zero-order valence-electron chi connectivity index (χ0n) is 20.2. The molecule has 0 bridgehead atoms. The molecule has 0 amide bonds. The van der Waals surface area contributed by atoms with Crippen molar-refractivity contribution in [2.24, 2.45) is 0 Å². The van der Waals surface area contributed by atoms with Crippen molar-refractivity contribution >= 4 is 0 Å². The van der Waals surface area contributed by atoms with E-state index < -0.39 is 110 Å². The predicted octanol–water partition coefficient (Wildman–Crippen LogP) is -5.17. The monoisotopic (exact) mass is 716 g/mol. The van der Waals surface area contributed by atoms with Gasteiger partial charge in [-0.15, -0.1) is 0 Å². The summed E-state index contributed by atoms with van der Waals surface area (Å²) in [5.74, 6) is 0. The first-order chi connectivity index (χ1) is 17.4. The first-order valence-electron chi connectivity index (χ1n) is 11.9. The van der Waals surface area contributed by atoms with Gasteiger partial charge in [0.25, 0.3) is 0 Å². The molecule has 0 aromatic heterocycles. The second-order valence-electron chi connectivity index (χ2n) is 9.45. The van der Waals surface area contributed by atoms with Crippen molar-refractivity contribution in [1.82, 2.24) is 0 Å². The molecule has 16 heteroatoms. The van der Waals surface area contributed by atoms with E-state index in [1.807, 2.05) is 0 Å². The minimum atomic E-state index is -1.80. The fraction of sp³-hybridized carbons (Fsp3) is 1.00. The minimum absolute atomic E-state index is 0.362. The van der Waals surface area contributed by atoms with Gasteiger partial charge in [-0.2, -0.15) is 0 Å². The van der Waals surface area contributed by atoms with Crippen LogP contribution in [-0.4, -0.2) is 158 Å². The summed E-state index contributed by atoms with van der Waals surface area (Å²) >= 11 is 1.02. The quantitative estimate of drug-likeness (QED) is 0.109. The summed E-state index contributed by atoms with van der Waals surface area (Å²) in [7, 11) is 0. The first kappa shape index (κ1) is 31.6. The van der Waals surface area contributed by atoms with Gasteiger partial charge in [0.1, 0.15) is 0 Å². The SMILES string of the molecule is CC(C)OC1OC(CO)C(OC2OC(CO)C(OC3OC(CO)C(O)C(O)[CH]3[Re])C(O)C2O)C(O)C1O.